The Kier molecular flexibility index (Phi) is 7.07. The molecule has 0 radical (unpaired) electrons. The van der Waals surface area contributed by atoms with Crippen molar-refractivity contribution >= 4 is 46.3 Å². The average molecular weight is 491 g/mol. The zero-order valence-corrected chi connectivity index (χ0v) is 20.0. The van der Waals surface area contributed by atoms with Crippen molar-refractivity contribution in [1.82, 2.24) is 0 Å². The van der Waals surface area contributed by atoms with E-state index in [1.807, 2.05) is 30.3 Å². The highest BCUT2D eigenvalue weighted by atomic mass is 32.2. The molecule has 0 unspecified atom stereocenters. The molecule has 0 aliphatic carbocycles. The zero-order chi connectivity index (χ0) is 24.9. The van der Waals surface area contributed by atoms with Gasteiger partial charge in [-0.3, -0.25) is 9.69 Å². The first kappa shape index (κ1) is 23.9. The number of methoxy groups -OCH3 is 3. The van der Waals surface area contributed by atoms with Crippen LogP contribution in [0.3, 0.4) is 0 Å². The third-order valence-electron chi connectivity index (χ3n) is 5.16. The lowest BCUT2D eigenvalue weighted by Gasteiger charge is -2.15. The van der Waals surface area contributed by atoms with Crippen LogP contribution in [-0.2, 0) is 4.79 Å². The number of para-hydroxylation sites is 1. The van der Waals surface area contributed by atoms with Crippen molar-refractivity contribution in [3.05, 3.63) is 82.8 Å². The van der Waals surface area contributed by atoms with Gasteiger partial charge in [0.15, 0.2) is 16.7 Å². The highest BCUT2D eigenvalue weighted by molar-refractivity contribution is 8.19. The zero-order valence-electron chi connectivity index (χ0n) is 19.2. The molecule has 9 heteroatoms. The minimum atomic E-state index is -1.05. The number of ether oxygens (including phenoxy) is 3. The Labute approximate surface area is 206 Å². The van der Waals surface area contributed by atoms with Crippen molar-refractivity contribution in [1.29, 1.82) is 0 Å². The summed E-state index contributed by atoms with van der Waals surface area (Å²) in [6.07, 6.45) is 1.71. The summed E-state index contributed by atoms with van der Waals surface area (Å²) in [6.45, 7) is 0. The molecule has 35 heavy (non-hydrogen) atoms. The van der Waals surface area contributed by atoms with E-state index in [4.69, 9.17) is 14.2 Å². The lowest BCUT2D eigenvalue weighted by molar-refractivity contribution is -0.113. The number of nitrogens with zero attached hydrogens (tertiary/aromatic N) is 2. The van der Waals surface area contributed by atoms with Gasteiger partial charge in [0.25, 0.3) is 5.91 Å². The van der Waals surface area contributed by atoms with E-state index in [1.165, 1.54) is 50.1 Å². The number of amides is 1. The Hall–Kier alpha value is -4.24. The molecule has 3 aromatic carbocycles. The molecule has 0 aromatic heterocycles. The fraction of sp³-hybridized carbons (Fsp3) is 0.115. The molecule has 1 fully saturated rings. The number of aromatic carboxylic acids is 1. The van der Waals surface area contributed by atoms with E-state index in [0.717, 1.165) is 0 Å². The molecule has 1 aliphatic heterocycles. The lowest BCUT2D eigenvalue weighted by Crippen LogP contribution is -2.28. The van der Waals surface area contributed by atoms with Gasteiger partial charge in [0.1, 0.15) is 0 Å². The fourth-order valence-electron chi connectivity index (χ4n) is 3.55. The fourth-order valence-corrected chi connectivity index (χ4v) is 4.54. The van der Waals surface area contributed by atoms with E-state index in [-0.39, 0.29) is 11.5 Å². The van der Waals surface area contributed by atoms with Crippen LogP contribution in [0.15, 0.2) is 76.6 Å². The lowest BCUT2D eigenvalue weighted by atomic mass is 10.1. The molecule has 1 saturated heterocycles. The molecule has 1 N–H and O–H groups in total. The van der Waals surface area contributed by atoms with Gasteiger partial charge in [0.2, 0.25) is 5.75 Å². The van der Waals surface area contributed by atoms with Crippen LogP contribution in [0.25, 0.3) is 6.08 Å². The summed E-state index contributed by atoms with van der Waals surface area (Å²) in [5, 5.41) is 9.72. The van der Waals surface area contributed by atoms with Crippen molar-refractivity contribution < 1.29 is 28.9 Å². The molecule has 1 heterocycles. The van der Waals surface area contributed by atoms with E-state index in [2.05, 4.69) is 4.99 Å². The molecule has 1 amide bonds. The Morgan fingerprint density at radius 2 is 1.69 bits per heavy atom. The van der Waals surface area contributed by atoms with Crippen molar-refractivity contribution in [3.63, 3.8) is 0 Å². The molecule has 3 aromatic rings. The second-order valence-corrected chi connectivity index (χ2v) is 8.27. The van der Waals surface area contributed by atoms with Crippen LogP contribution in [0, 0.1) is 0 Å². The third kappa shape index (κ3) is 4.85. The Balaban J connectivity index is 1.82. The van der Waals surface area contributed by atoms with Crippen LogP contribution in [0.1, 0.15) is 15.9 Å². The van der Waals surface area contributed by atoms with E-state index >= 15 is 0 Å². The third-order valence-corrected chi connectivity index (χ3v) is 6.13. The number of carbonyl (C=O) groups is 2. The topological polar surface area (TPSA) is 97.7 Å². The molecule has 8 nitrogen and oxygen atoms in total. The number of thioether (sulfide) groups is 1. The first-order valence-corrected chi connectivity index (χ1v) is 11.3. The molecule has 0 spiro atoms. The highest BCUT2D eigenvalue weighted by Gasteiger charge is 2.35. The number of benzene rings is 3. The van der Waals surface area contributed by atoms with Gasteiger partial charge in [0, 0.05) is 5.56 Å². The van der Waals surface area contributed by atoms with Gasteiger partial charge in [0.05, 0.1) is 43.2 Å². The summed E-state index contributed by atoms with van der Waals surface area (Å²) in [4.78, 5) is 31.4. The largest absolute Gasteiger partial charge is 0.493 e. The second-order valence-electron chi connectivity index (χ2n) is 7.26. The number of carboxylic acids is 1. The van der Waals surface area contributed by atoms with Crippen molar-refractivity contribution in [3.8, 4) is 17.2 Å². The number of carboxylic acid groups (broad SMARTS) is 1. The molecule has 0 bridgehead atoms. The van der Waals surface area contributed by atoms with Gasteiger partial charge < -0.3 is 19.3 Å². The number of hydrogen-bond acceptors (Lipinski definition) is 7. The summed E-state index contributed by atoms with van der Waals surface area (Å²) in [6, 6.07) is 18.9. The number of hydrogen-bond donors (Lipinski definition) is 1. The maximum absolute atomic E-state index is 13.5. The maximum Gasteiger partial charge on any atom is 0.335 e. The molecule has 0 atom stereocenters. The first-order valence-electron chi connectivity index (χ1n) is 10.5. The van der Waals surface area contributed by atoms with Crippen molar-refractivity contribution in [2.24, 2.45) is 4.99 Å². The molecule has 4 rings (SSSR count). The molecule has 1 aliphatic rings. The Morgan fingerprint density at radius 3 is 2.34 bits per heavy atom. The van der Waals surface area contributed by atoms with E-state index in [9.17, 15) is 14.7 Å². The van der Waals surface area contributed by atoms with Crippen LogP contribution in [0.5, 0.6) is 17.2 Å². The van der Waals surface area contributed by atoms with E-state index < -0.39 is 5.97 Å². The first-order chi connectivity index (χ1) is 17.0. The van der Waals surface area contributed by atoms with E-state index in [0.29, 0.717) is 44.3 Å². The van der Waals surface area contributed by atoms with Crippen LogP contribution in [0.4, 0.5) is 11.4 Å². The average Bonchev–Trinajstić information content (AvgIpc) is 3.18. The smallest absolute Gasteiger partial charge is 0.335 e. The van der Waals surface area contributed by atoms with Gasteiger partial charge >= 0.3 is 5.97 Å². The van der Waals surface area contributed by atoms with Gasteiger partial charge in [-0.05, 0) is 60.3 Å². The van der Waals surface area contributed by atoms with Crippen molar-refractivity contribution in [2.45, 2.75) is 0 Å². The predicted molar refractivity (Wildman–Crippen MR) is 136 cm³/mol. The summed E-state index contributed by atoms with van der Waals surface area (Å²) in [5.41, 5.74) is 1.80. The minimum absolute atomic E-state index is 0.110. The van der Waals surface area contributed by atoms with E-state index in [1.54, 1.807) is 30.3 Å². The number of rotatable bonds is 7. The van der Waals surface area contributed by atoms with Gasteiger partial charge in [-0.2, -0.15) is 0 Å². The highest BCUT2D eigenvalue weighted by Crippen LogP contribution is 2.43. The van der Waals surface area contributed by atoms with Crippen LogP contribution in [0.2, 0.25) is 0 Å². The quantitative estimate of drug-likeness (QED) is 0.454. The Morgan fingerprint density at radius 1 is 0.943 bits per heavy atom. The maximum atomic E-state index is 13.5. The standard InChI is InChI=1S/C26H22N2O6S/c1-32-20-13-12-16(22(33-2)23(20)34-3)15-21-24(29)28(19-10-5-4-6-11-19)26(35-21)27-18-9-7-8-17(14-18)25(30)31/h4-15H,1-3H3,(H,30,31)/b21-15-,27-26?. The monoisotopic (exact) mass is 490 g/mol. The number of aliphatic imine (C=N–C) groups is 1. The van der Waals surface area contributed by atoms with Crippen LogP contribution < -0.4 is 19.1 Å². The normalized spacial score (nSPS) is 15.5. The molecule has 0 saturated carbocycles. The number of anilines is 1. The van der Waals surface area contributed by atoms with Crippen LogP contribution in [-0.4, -0.2) is 43.5 Å². The summed E-state index contributed by atoms with van der Waals surface area (Å²) < 4.78 is 16.4. The summed E-state index contributed by atoms with van der Waals surface area (Å²) in [7, 11) is 4.56. The Bertz CT molecular complexity index is 1340. The van der Waals surface area contributed by atoms with Gasteiger partial charge in [-0.25, -0.2) is 9.79 Å². The summed E-state index contributed by atoms with van der Waals surface area (Å²) in [5.74, 6) is 0.0236. The minimum Gasteiger partial charge on any atom is -0.493 e. The predicted octanol–water partition coefficient (Wildman–Crippen LogP) is 5.22. The molecular formula is C26H22N2O6S. The van der Waals surface area contributed by atoms with Gasteiger partial charge in [-0.1, -0.05) is 24.3 Å². The molecule has 178 valence electrons. The summed E-state index contributed by atoms with van der Waals surface area (Å²) >= 11 is 1.18. The number of amidine groups is 1. The molecular weight excluding hydrogens is 468 g/mol. The SMILES string of the molecule is COc1ccc(/C=C2\SC(=Nc3cccc(C(=O)O)c3)N(c3ccccc3)C2=O)c(OC)c1OC. The van der Waals surface area contributed by atoms with Crippen LogP contribution >= 0.6 is 11.8 Å². The number of carbonyl (C=O) groups excluding carboxylic acids is 1. The van der Waals surface area contributed by atoms with Gasteiger partial charge in [-0.15, -0.1) is 0 Å². The second kappa shape index (κ2) is 10.4. The van der Waals surface area contributed by atoms with Crippen molar-refractivity contribution in [2.75, 3.05) is 26.2 Å².